The molecule has 0 radical (unpaired) electrons. The fraction of sp³-hybridized carbons (Fsp3) is 0.0625. The summed E-state index contributed by atoms with van der Waals surface area (Å²) in [5.41, 5.74) is 1.22. The van der Waals surface area contributed by atoms with Crippen molar-refractivity contribution in [2.75, 3.05) is 7.11 Å². The van der Waals surface area contributed by atoms with Crippen LogP contribution in [0.3, 0.4) is 0 Å². The summed E-state index contributed by atoms with van der Waals surface area (Å²) in [7, 11) is 1.50. The van der Waals surface area contributed by atoms with Crippen molar-refractivity contribution < 1.29 is 19.5 Å². The van der Waals surface area contributed by atoms with Crippen molar-refractivity contribution in [3.05, 3.63) is 53.9 Å². The minimum absolute atomic E-state index is 0.0690. The summed E-state index contributed by atoms with van der Waals surface area (Å²) in [5, 5.41) is 23.0. The number of ether oxygens (including phenoxy) is 1. The van der Waals surface area contributed by atoms with Crippen molar-refractivity contribution in [1.29, 1.82) is 0 Å². The largest absolute Gasteiger partial charge is 0.507 e. The Morgan fingerprint density at radius 3 is 2.52 bits per heavy atom. The van der Waals surface area contributed by atoms with Gasteiger partial charge < -0.3 is 19.5 Å². The number of hydrogen-bond donors (Lipinski definition) is 2. The molecule has 5 nitrogen and oxygen atoms in total. The van der Waals surface area contributed by atoms with Crippen LogP contribution in [0.15, 0.2) is 58.1 Å². The van der Waals surface area contributed by atoms with E-state index in [4.69, 9.17) is 9.15 Å². The fourth-order valence-corrected chi connectivity index (χ4v) is 2.20. The predicted octanol–water partition coefficient (Wildman–Crippen LogP) is 3.10. The second-order valence-corrected chi connectivity index (χ2v) is 4.48. The van der Waals surface area contributed by atoms with E-state index in [0.29, 0.717) is 22.5 Å². The molecule has 3 aromatic rings. The first-order valence-electron chi connectivity index (χ1n) is 6.31. The van der Waals surface area contributed by atoms with Gasteiger partial charge in [-0.25, -0.2) is 0 Å². The minimum Gasteiger partial charge on any atom is -0.507 e. The second-order valence-electron chi connectivity index (χ2n) is 4.48. The van der Waals surface area contributed by atoms with Gasteiger partial charge in [-0.2, -0.15) is 0 Å². The Balaban J connectivity index is 2.36. The molecule has 0 fully saturated rings. The Morgan fingerprint density at radius 2 is 1.86 bits per heavy atom. The molecule has 0 aliphatic carbocycles. The van der Waals surface area contributed by atoms with E-state index in [1.807, 2.05) is 30.3 Å². The molecule has 0 atom stereocenters. The molecule has 0 saturated heterocycles. The highest BCUT2D eigenvalue weighted by Gasteiger charge is 2.11. The Hall–Kier alpha value is -2.95. The highest BCUT2D eigenvalue weighted by atomic mass is 16.5. The molecule has 0 aliphatic rings. The van der Waals surface area contributed by atoms with E-state index >= 15 is 0 Å². The molecule has 1 heterocycles. The highest BCUT2D eigenvalue weighted by Crippen LogP contribution is 2.30. The summed E-state index contributed by atoms with van der Waals surface area (Å²) < 4.78 is 10.9. The van der Waals surface area contributed by atoms with Crippen LogP contribution in [0.4, 0.5) is 0 Å². The third-order valence-corrected chi connectivity index (χ3v) is 3.20. The minimum atomic E-state index is -0.0690. The van der Waals surface area contributed by atoms with E-state index in [2.05, 4.69) is 5.16 Å². The molecule has 2 N–H and O–H groups in total. The molecule has 21 heavy (non-hydrogen) atoms. The quantitative estimate of drug-likeness (QED) is 0.559. The lowest BCUT2D eigenvalue weighted by Gasteiger charge is -2.07. The summed E-state index contributed by atoms with van der Waals surface area (Å²) in [6, 6.07) is 14.1. The van der Waals surface area contributed by atoms with Crippen molar-refractivity contribution in [1.82, 2.24) is 0 Å². The number of rotatable bonds is 2. The summed E-state index contributed by atoms with van der Waals surface area (Å²) in [5.74, 6) is 0.918. The van der Waals surface area contributed by atoms with Gasteiger partial charge in [-0.15, -0.1) is 0 Å². The van der Waals surface area contributed by atoms with Crippen LogP contribution in [-0.2, 0) is 0 Å². The number of phenolic OH excluding ortho intramolecular Hbond substituents is 1. The number of methoxy groups -OCH3 is 1. The third kappa shape index (κ3) is 2.29. The van der Waals surface area contributed by atoms with Gasteiger partial charge in [-0.3, -0.25) is 0 Å². The molecule has 0 aliphatic heterocycles. The van der Waals surface area contributed by atoms with Gasteiger partial charge in [0.25, 0.3) is 0 Å². The summed E-state index contributed by atoms with van der Waals surface area (Å²) in [4.78, 5) is 0. The van der Waals surface area contributed by atoms with E-state index in [-0.39, 0.29) is 11.1 Å². The van der Waals surface area contributed by atoms with Crippen LogP contribution in [0.1, 0.15) is 0 Å². The lowest BCUT2D eigenvalue weighted by molar-refractivity contribution is 0.302. The zero-order valence-electron chi connectivity index (χ0n) is 11.3. The first-order valence-corrected chi connectivity index (χ1v) is 6.31. The van der Waals surface area contributed by atoms with Crippen LogP contribution >= 0.6 is 0 Å². The number of fused-ring (bicyclic) bond motifs is 1. The summed E-state index contributed by atoms with van der Waals surface area (Å²) in [6.45, 7) is 0. The SMILES string of the molecule is COc1cc(O)c2c(=NO)cc(-c3ccccc3)oc2c1. The lowest BCUT2D eigenvalue weighted by Crippen LogP contribution is -2.04. The fourth-order valence-electron chi connectivity index (χ4n) is 2.20. The van der Waals surface area contributed by atoms with E-state index < -0.39 is 0 Å². The molecule has 3 rings (SSSR count). The maximum absolute atomic E-state index is 10.0. The van der Waals surface area contributed by atoms with Gasteiger partial charge in [-0.05, 0) is 0 Å². The van der Waals surface area contributed by atoms with Gasteiger partial charge in [-0.1, -0.05) is 35.5 Å². The number of benzene rings is 2. The standard InChI is InChI=1S/C16H13NO4/c1-20-11-7-13(18)16-12(17-19)9-14(21-15(16)8-11)10-5-3-2-4-6-10/h2-9,18-19H,1H3. The zero-order chi connectivity index (χ0) is 14.8. The predicted molar refractivity (Wildman–Crippen MR) is 77.2 cm³/mol. The van der Waals surface area contributed by atoms with Gasteiger partial charge >= 0.3 is 0 Å². The van der Waals surface area contributed by atoms with Crippen LogP contribution in [0.2, 0.25) is 0 Å². The average Bonchev–Trinajstić information content (AvgIpc) is 2.54. The molecule has 1 aromatic heterocycles. The number of nitrogens with zero attached hydrogens (tertiary/aromatic N) is 1. The molecule has 0 amide bonds. The van der Waals surface area contributed by atoms with Crippen LogP contribution in [0, 0.1) is 0 Å². The van der Waals surface area contributed by atoms with E-state index in [9.17, 15) is 10.3 Å². The van der Waals surface area contributed by atoms with Crippen molar-refractivity contribution >= 4 is 11.0 Å². The van der Waals surface area contributed by atoms with Crippen LogP contribution in [0.25, 0.3) is 22.3 Å². The van der Waals surface area contributed by atoms with Gasteiger partial charge in [0.05, 0.1) is 12.5 Å². The van der Waals surface area contributed by atoms with E-state index in [0.717, 1.165) is 5.56 Å². The van der Waals surface area contributed by atoms with Gasteiger partial charge in [0, 0.05) is 23.8 Å². The van der Waals surface area contributed by atoms with Crippen molar-refractivity contribution in [3.63, 3.8) is 0 Å². The second kappa shape index (κ2) is 5.20. The first kappa shape index (κ1) is 13.1. The summed E-state index contributed by atoms with van der Waals surface area (Å²) in [6.07, 6.45) is 0. The van der Waals surface area contributed by atoms with Crippen LogP contribution in [-0.4, -0.2) is 17.4 Å². The Kier molecular flexibility index (Phi) is 3.23. The molecule has 5 heteroatoms. The maximum atomic E-state index is 10.0. The van der Waals surface area contributed by atoms with Gasteiger partial charge in [0.15, 0.2) is 0 Å². The van der Waals surface area contributed by atoms with Crippen molar-refractivity contribution in [3.8, 4) is 22.8 Å². The Bertz CT molecular complexity index is 853. The smallest absolute Gasteiger partial charge is 0.144 e. The number of hydrogen-bond acceptors (Lipinski definition) is 5. The third-order valence-electron chi connectivity index (χ3n) is 3.20. The molecule has 2 aromatic carbocycles. The molecular formula is C16H13NO4. The van der Waals surface area contributed by atoms with Crippen molar-refractivity contribution in [2.45, 2.75) is 0 Å². The van der Waals surface area contributed by atoms with Gasteiger partial charge in [0.2, 0.25) is 0 Å². The van der Waals surface area contributed by atoms with E-state index in [1.54, 1.807) is 12.1 Å². The van der Waals surface area contributed by atoms with Crippen LogP contribution < -0.4 is 10.1 Å². The molecular weight excluding hydrogens is 270 g/mol. The number of phenols is 1. The molecule has 0 spiro atoms. The normalized spacial score (nSPS) is 11.8. The van der Waals surface area contributed by atoms with Gasteiger partial charge in [0.1, 0.15) is 28.2 Å². The zero-order valence-corrected chi connectivity index (χ0v) is 11.3. The molecule has 0 saturated carbocycles. The van der Waals surface area contributed by atoms with Crippen molar-refractivity contribution in [2.24, 2.45) is 5.16 Å². The molecule has 0 unspecified atom stereocenters. The Labute approximate surface area is 120 Å². The lowest BCUT2D eigenvalue weighted by atomic mass is 10.1. The topological polar surface area (TPSA) is 75.2 Å². The Morgan fingerprint density at radius 1 is 1.10 bits per heavy atom. The monoisotopic (exact) mass is 283 g/mol. The number of aromatic hydroxyl groups is 1. The average molecular weight is 283 g/mol. The maximum Gasteiger partial charge on any atom is 0.144 e. The van der Waals surface area contributed by atoms with Crippen LogP contribution in [0.5, 0.6) is 11.5 Å². The molecule has 0 bridgehead atoms. The summed E-state index contributed by atoms with van der Waals surface area (Å²) >= 11 is 0. The molecule has 106 valence electrons. The highest BCUT2D eigenvalue weighted by molar-refractivity contribution is 5.85. The first-order chi connectivity index (χ1) is 10.2. The van der Waals surface area contributed by atoms with E-state index in [1.165, 1.54) is 13.2 Å².